The van der Waals surface area contributed by atoms with E-state index in [4.69, 9.17) is 11.5 Å². The van der Waals surface area contributed by atoms with Crippen molar-refractivity contribution < 1.29 is 4.39 Å². The molecule has 110 valence electrons. The summed E-state index contributed by atoms with van der Waals surface area (Å²) in [6.45, 7) is 0. The van der Waals surface area contributed by atoms with Gasteiger partial charge in [-0.25, -0.2) is 14.4 Å². The quantitative estimate of drug-likeness (QED) is 0.778. The molecule has 2 aromatic heterocycles. The van der Waals surface area contributed by atoms with Gasteiger partial charge in [0.15, 0.2) is 0 Å². The normalized spacial score (nSPS) is 10.6. The summed E-state index contributed by atoms with van der Waals surface area (Å²) in [6, 6.07) is 13.7. The number of aromatic nitrogens is 2. The van der Waals surface area contributed by atoms with Gasteiger partial charge in [-0.15, -0.1) is 0 Å². The zero-order valence-corrected chi connectivity index (χ0v) is 11.8. The molecule has 0 aliphatic carbocycles. The second-order valence-electron chi connectivity index (χ2n) is 5.02. The average Bonchev–Trinajstić information content (AvgIpc) is 2.49. The molecular weight excluding hydrogens is 279 g/mol. The van der Waals surface area contributed by atoms with Crippen LogP contribution >= 0.6 is 0 Å². The summed E-state index contributed by atoms with van der Waals surface area (Å²) in [5, 5.41) is 0. The average molecular weight is 294 g/mol. The fraction of sp³-hybridized carbons (Fsp3) is 0.0588. The maximum Gasteiger partial charge on any atom is 0.124 e. The third kappa shape index (κ3) is 3.03. The largest absolute Gasteiger partial charge is 0.384 e. The zero-order valence-electron chi connectivity index (χ0n) is 11.8. The molecule has 0 amide bonds. The molecule has 0 saturated heterocycles. The third-order valence-electron chi connectivity index (χ3n) is 3.34. The molecule has 0 bridgehead atoms. The van der Waals surface area contributed by atoms with E-state index in [0.717, 1.165) is 22.4 Å². The molecule has 3 aromatic rings. The molecule has 0 saturated carbocycles. The number of hydrogen-bond donors (Lipinski definition) is 2. The molecule has 5 heteroatoms. The minimum Gasteiger partial charge on any atom is -0.384 e. The molecule has 0 radical (unpaired) electrons. The second kappa shape index (κ2) is 5.81. The maximum atomic E-state index is 13.4. The van der Waals surface area contributed by atoms with Crippen LogP contribution in [0.5, 0.6) is 0 Å². The van der Waals surface area contributed by atoms with E-state index in [-0.39, 0.29) is 5.82 Å². The Morgan fingerprint density at radius 3 is 2.59 bits per heavy atom. The lowest BCUT2D eigenvalue weighted by Gasteiger charge is -2.10. The highest BCUT2D eigenvalue weighted by atomic mass is 19.1. The van der Waals surface area contributed by atoms with Crippen LogP contribution in [-0.2, 0) is 6.42 Å². The Bertz CT molecular complexity index is 817. The van der Waals surface area contributed by atoms with E-state index in [1.165, 1.54) is 12.1 Å². The van der Waals surface area contributed by atoms with Crippen molar-refractivity contribution >= 4 is 11.6 Å². The molecule has 0 atom stereocenters. The zero-order chi connectivity index (χ0) is 15.5. The number of anilines is 2. The van der Waals surface area contributed by atoms with Crippen LogP contribution in [-0.4, -0.2) is 9.97 Å². The van der Waals surface area contributed by atoms with Crippen molar-refractivity contribution in [3.05, 3.63) is 71.7 Å². The Morgan fingerprint density at radius 2 is 1.82 bits per heavy atom. The van der Waals surface area contributed by atoms with Gasteiger partial charge in [0.25, 0.3) is 0 Å². The first-order chi connectivity index (χ1) is 10.6. The molecule has 4 nitrogen and oxygen atoms in total. The fourth-order valence-electron chi connectivity index (χ4n) is 2.36. The monoisotopic (exact) mass is 294 g/mol. The Hall–Kier alpha value is -2.95. The van der Waals surface area contributed by atoms with E-state index in [1.807, 2.05) is 18.2 Å². The highest BCUT2D eigenvalue weighted by molar-refractivity contribution is 5.67. The van der Waals surface area contributed by atoms with Crippen molar-refractivity contribution in [2.75, 3.05) is 11.5 Å². The van der Waals surface area contributed by atoms with Crippen molar-refractivity contribution in [2.24, 2.45) is 0 Å². The summed E-state index contributed by atoms with van der Waals surface area (Å²) in [5.41, 5.74) is 14.9. The lowest BCUT2D eigenvalue weighted by atomic mass is 10.00. The summed E-state index contributed by atoms with van der Waals surface area (Å²) in [4.78, 5) is 8.39. The van der Waals surface area contributed by atoms with Gasteiger partial charge < -0.3 is 11.5 Å². The third-order valence-corrected chi connectivity index (χ3v) is 3.34. The van der Waals surface area contributed by atoms with Crippen molar-refractivity contribution in [3.8, 4) is 11.3 Å². The first-order valence-corrected chi connectivity index (χ1v) is 6.83. The molecule has 22 heavy (non-hydrogen) atoms. The van der Waals surface area contributed by atoms with Gasteiger partial charge in [-0.3, -0.25) is 0 Å². The molecule has 0 aliphatic rings. The van der Waals surface area contributed by atoms with Gasteiger partial charge >= 0.3 is 0 Å². The van der Waals surface area contributed by atoms with Crippen LogP contribution in [0.25, 0.3) is 11.3 Å². The molecule has 3 rings (SSSR count). The minimum atomic E-state index is -0.254. The minimum absolute atomic E-state index is 0.254. The Kier molecular flexibility index (Phi) is 3.70. The lowest BCUT2D eigenvalue weighted by molar-refractivity contribution is 0.626. The van der Waals surface area contributed by atoms with Gasteiger partial charge in [0, 0.05) is 11.8 Å². The van der Waals surface area contributed by atoms with Crippen LogP contribution in [0, 0.1) is 5.82 Å². The van der Waals surface area contributed by atoms with Gasteiger partial charge in [-0.1, -0.05) is 18.2 Å². The number of nitrogens with two attached hydrogens (primary N) is 2. The standard InChI is InChI=1S/C17H15FN4/c18-14-3-1-2-11(9-14)8-12-4-5-15(19)22-17(12)13-6-7-21-16(20)10-13/h1-7,9-10H,8H2,(H2,19,22)(H2,20,21). The number of rotatable bonds is 3. The number of hydrogen-bond acceptors (Lipinski definition) is 4. The number of benzene rings is 1. The molecule has 0 aliphatic heterocycles. The van der Waals surface area contributed by atoms with Gasteiger partial charge in [-0.05, 0) is 47.9 Å². The molecule has 2 heterocycles. The predicted molar refractivity (Wildman–Crippen MR) is 85.5 cm³/mol. The first kappa shape index (κ1) is 14.0. The molecule has 1 aromatic carbocycles. The summed E-state index contributed by atoms with van der Waals surface area (Å²) < 4.78 is 13.4. The van der Waals surface area contributed by atoms with E-state index in [0.29, 0.717) is 18.1 Å². The summed E-state index contributed by atoms with van der Waals surface area (Å²) in [7, 11) is 0. The van der Waals surface area contributed by atoms with Crippen LogP contribution < -0.4 is 11.5 Å². The topological polar surface area (TPSA) is 77.8 Å². The predicted octanol–water partition coefficient (Wildman–Crippen LogP) is 3.04. The Morgan fingerprint density at radius 1 is 0.955 bits per heavy atom. The number of pyridine rings is 2. The maximum absolute atomic E-state index is 13.4. The van der Waals surface area contributed by atoms with Crippen molar-refractivity contribution in [1.29, 1.82) is 0 Å². The highest BCUT2D eigenvalue weighted by Crippen LogP contribution is 2.26. The van der Waals surface area contributed by atoms with Gasteiger partial charge in [0.2, 0.25) is 0 Å². The smallest absolute Gasteiger partial charge is 0.124 e. The van der Waals surface area contributed by atoms with Crippen LogP contribution in [0.4, 0.5) is 16.0 Å². The van der Waals surface area contributed by atoms with E-state index >= 15 is 0 Å². The first-order valence-electron chi connectivity index (χ1n) is 6.83. The number of nitrogen functional groups attached to an aromatic ring is 2. The lowest BCUT2D eigenvalue weighted by Crippen LogP contribution is -2.00. The number of halogens is 1. The SMILES string of the molecule is Nc1cc(-c2nc(N)ccc2Cc2cccc(F)c2)ccn1. The summed E-state index contributed by atoms with van der Waals surface area (Å²) in [5.74, 6) is 0.586. The van der Waals surface area contributed by atoms with Crippen LogP contribution in [0.3, 0.4) is 0 Å². The number of nitrogens with zero attached hydrogens (tertiary/aromatic N) is 2. The van der Waals surface area contributed by atoms with Gasteiger partial charge in [-0.2, -0.15) is 0 Å². The van der Waals surface area contributed by atoms with E-state index in [1.54, 1.807) is 24.4 Å². The van der Waals surface area contributed by atoms with E-state index < -0.39 is 0 Å². The molecule has 4 N–H and O–H groups in total. The molecule has 0 fully saturated rings. The van der Waals surface area contributed by atoms with Crippen molar-refractivity contribution in [2.45, 2.75) is 6.42 Å². The van der Waals surface area contributed by atoms with Crippen molar-refractivity contribution in [1.82, 2.24) is 9.97 Å². The molecule has 0 unspecified atom stereocenters. The van der Waals surface area contributed by atoms with Gasteiger partial charge in [0.05, 0.1) is 5.69 Å². The van der Waals surface area contributed by atoms with Crippen LogP contribution in [0.2, 0.25) is 0 Å². The van der Waals surface area contributed by atoms with Crippen LogP contribution in [0.1, 0.15) is 11.1 Å². The van der Waals surface area contributed by atoms with E-state index in [9.17, 15) is 4.39 Å². The Balaban J connectivity index is 2.05. The van der Waals surface area contributed by atoms with Gasteiger partial charge in [0.1, 0.15) is 17.5 Å². The summed E-state index contributed by atoms with van der Waals surface area (Å²) >= 11 is 0. The second-order valence-corrected chi connectivity index (χ2v) is 5.02. The molecule has 0 spiro atoms. The highest BCUT2D eigenvalue weighted by Gasteiger charge is 2.10. The van der Waals surface area contributed by atoms with Crippen molar-refractivity contribution in [3.63, 3.8) is 0 Å². The fourth-order valence-corrected chi connectivity index (χ4v) is 2.36. The van der Waals surface area contributed by atoms with E-state index in [2.05, 4.69) is 9.97 Å². The summed E-state index contributed by atoms with van der Waals surface area (Å²) in [6.07, 6.45) is 2.18. The molecular formula is C17H15FN4. The Labute approximate surface area is 127 Å². The van der Waals surface area contributed by atoms with Crippen LogP contribution in [0.15, 0.2) is 54.7 Å².